The van der Waals surface area contributed by atoms with Crippen LogP contribution in [0, 0.1) is 0 Å². The molecule has 0 amide bonds. The molecule has 0 N–H and O–H groups in total. The highest BCUT2D eigenvalue weighted by molar-refractivity contribution is 8.47. The van der Waals surface area contributed by atoms with E-state index < -0.39 is 0 Å². The second-order valence-corrected chi connectivity index (χ2v) is 8.56. The first-order valence-corrected chi connectivity index (χ1v) is 8.64. The van der Waals surface area contributed by atoms with E-state index in [-0.39, 0.29) is 0 Å². The van der Waals surface area contributed by atoms with Gasteiger partial charge in [-0.1, -0.05) is 77.1 Å². The molecule has 2 aromatic rings. The molecule has 0 saturated heterocycles. The van der Waals surface area contributed by atoms with Crippen LogP contribution in [0.15, 0.2) is 34.7 Å². The molecule has 0 atom stereocenters. The highest BCUT2D eigenvalue weighted by atomic mass is 35.5. The largest absolute Gasteiger partial charge is 0.216 e. The van der Waals surface area contributed by atoms with Gasteiger partial charge in [0.25, 0.3) is 0 Å². The molecule has 0 aliphatic carbocycles. The first kappa shape index (κ1) is 14.6. The highest BCUT2D eigenvalue weighted by Gasteiger charge is 2.10. The summed E-state index contributed by atoms with van der Waals surface area (Å²) in [4.78, 5) is 4.12. The third-order valence-electron chi connectivity index (χ3n) is 1.90. The average molecular weight is 352 g/mol. The Balaban J connectivity index is 1.86. The molecular weight excluding hydrogens is 345 g/mol. The summed E-state index contributed by atoms with van der Waals surface area (Å²) >= 11 is 21.3. The smallest absolute Gasteiger partial charge is 0.160 e. The highest BCUT2D eigenvalue weighted by Crippen LogP contribution is 2.36. The molecule has 1 aromatic carbocycles. The maximum Gasteiger partial charge on any atom is 0.160 e. The fraction of sp³-hybridized carbons (Fsp3) is 0.0909. The lowest BCUT2D eigenvalue weighted by molar-refractivity contribution is 1.26. The standard InChI is InChI=1S/C11H7Cl2NS4/c12-8-9(13)17-10(14-8)18-11(15)16-6-7-4-2-1-3-5-7/h1-5H,6H2. The van der Waals surface area contributed by atoms with E-state index >= 15 is 0 Å². The lowest BCUT2D eigenvalue weighted by Crippen LogP contribution is -1.84. The Morgan fingerprint density at radius 1 is 1.28 bits per heavy atom. The van der Waals surface area contributed by atoms with Crippen LogP contribution in [-0.4, -0.2) is 8.51 Å². The van der Waals surface area contributed by atoms with E-state index in [1.54, 1.807) is 11.8 Å². The van der Waals surface area contributed by atoms with Gasteiger partial charge < -0.3 is 0 Å². The number of hydrogen-bond acceptors (Lipinski definition) is 5. The summed E-state index contributed by atoms with van der Waals surface area (Å²) in [6, 6.07) is 10.2. The van der Waals surface area contributed by atoms with Crippen molar-refractivity contribution in [2.45, 2.75) is 10.1 Å². The summed E-state index contributed by atoms with van der Waals surface area (Å²) in [5.74, 6) is 0.861. The second kappa shape index (κ2) is 7.12. The van der Waals surface area contributed by atoms with Crippen LogP contribution < -0.4 is 0 Å². The Bertz CT molecular complexity index is 522. The van der Waals surface area contributed by atoms with Crippen LogP contribution in [0.1, 0.15) is 5.56 Å². The number of benzene rings is 1. The summed E-state index contributed by atoms with van der Waals surface area (Å²) < 4.78 is 2.12. The van der Waals surface area contributed by atoms with Crippen molar-refractivity contribution in [1.82, 2.24) is 4.98 Å². The molecular formula is C11H7Cl2NS4. The number of thiocarbonyl (C=S) groups is 1. The summed E-state index contributed by atoms with van der Waals surface area (Å²) in [6.45, 7) is 0. The van der Waals surface area contributed by atoms with Crippen molar-refractivity contribution >= 4 is 73.8 Å². The SMILES string of the molecule is S=C(SCc1ccccc1)Sc1nc(Cl)c(Cl)s1. The van der Waals surface area contributed by atoms with Gasteiger partial charge in [-0.2, -0.15) is 0 Å². The Labute approximate surface area is 133 Å². The van der Waals surface area contributed by atoms with Crippen molar-refractivity contribution in [2.75, 3.05) is 0 Å². The molecule has 0 fully saturated rings. The van der Waals surface area contributed by atoms with E-state index in [4.69, 9.17) is 35.4 Å². The van der Waals surface area contributed by atoms with E-state index in [1.165, 1.54) is 28.7 Å². The second-order valence-electron chi connectivity index (χ2n) is 3.17. The van der Waals surface area contributed by atoms with Gasteiger partial charge in [0.2, 0.25) is 0 Å². The van der Waals surface area contributed by atoms with E-state index in [1.807, 2.05) is 18.2 Å². The number of thioether (sulfide) groups is 2. The summed E-state index contributed by atoms with van der Waals surface area (Å²) in [5.41, 5.74) is 1.25. The van der Waals surface area contributed by atoms with Gasteiger partial charge in [-0.05, 0) is 17.3 Å². The molecule has 7 heteroatoms. The molecule has 0 radical (unpaired) electrons. The molecule has 0 spiro atoms. The predicted molar refractivity (Wildman–Crippen MR) is 88.3 cm³/mol. The van der Waals surface area contributed by atoms with Crippen LogP contribution in [0.2, 0.25) is 9.49 Å². The van der Waals surface area contributed by atoms with Crippen molar-refractivity contribution < 1.29 is 0 Å². The number of hydrogen-bond donors (Lipinski definition) is 0. The Morgan fingerprint density at radius 2 is 2.00 bits per heavy atom. The topological polar surface area (TPSA) is 12.9 Å². The molecule has 0 saturated carbocycles. The summed E-state index contributed by atoms with van der Waals surface area (Å²) in [5, 5.41) is 0.347. The maximum absolute atomic E-state index is 5.85. The number of aromatic nitrogens is 1. The molecule has 1 heterocycles. The van der Waals surface area contributed by atoms with Gasteiger partial charge in [0.15, 0.2) is 9.49 Å². The van der Waals surface area contributed by atoms with Crippen LogP contribution in [0.5, 0.6) is 0 Å². The van der Waals surface area contributed by atoms with Crippen molar-refractivity contribution in [1.29, 1.82) is 0 Å². The van der Waals surface area contributed by atoms with Crippen molar-refractivity contribution in [3.63, 3.8) is 0 Å². The van der Waals surface area contributed by atoms with Gasteiger partial charge in [0.1, 0.15) is 7.86 Å². The third kappa shape index (κ3) is 4.40. The van der Waals surface area contributed by atoms with Crippen LogP contribution in [0.4, 0.5) is 0 Å². The molecule has 0 aliphatic rings. The zero-order valence-electron chi connectivity index (χ0n) is 8.93. The van der Waals surface area contributed by atoms with Gasteiger partial charge in [0.05, 0.1) is 0 Å². The molecule has 18 heavy (non-hydrogen) atoms. The molecule has 2 rings (SSSR count). The Hall–Kier alpha value is 0.220. The van der Waals surface area contributed by atoms with Gasteiger partial charge in [-0.15, -0.1) is 11.8 Å². The summed E-state index contributed by atoms with van der Waals surface area (Å²) in [6.07, 6.45) is 0. The molecule has 1 nitrogen and oxygen atoms in total. The first-order chi connectivity index (χ1) is 8.65. The Kier molecular flexibility index (Phi) is 5.79. The normalized spacial score (nSPS) is 10.6. The molecule has 1 aromatic heterocycles. The van der Waals surface area contributed by atoms with E-state index in [0.29, 0.717) is 9.49 Å². The van der Waals surface area contributed by atoms with E-state index in [0.717, 1.165) is 13.6 Å². The van der Waals surface area contributed by atoms with E-state index in [9.17, 15) is 0 Å². The zero-order valence-corrected chi connectivity index (χ0v) is 13.7. The van der Waals surface area contributed by atoms with Gasteiger partial charge in [-0.25, -0.2) is 4.98 Å². The first-order valence-electron chi connectivity index (χ1n) is 4.85. The lowest BCUT2D eigenvalue weighted by atomic mass is 10.2. The quantitative estimate of drug-likeness (QED) is 0.514. The maximum atomic E-state index is 5.85. The molecule has 0 unspecified atom stereocenters. The minimum Gasteiger partial charge on any atom is -0.216 e. The van der Waals surface area contributed by atoms with Gasteiger partial charge >= 0.3 is 0 Å². The summed E-state index contributed by atoms with van der Waals surface area (Å²) in [7, 11) is 0. The predicted octanol–water partition coefficient (Wildman–Crippen LogP) is 5.76. The molecule has 0 aliphatic heterocycles. The zero-order chi connectivity index (χ0) is 13.0. The lowest BCUT2D eigenvalue weighted by Gasteiger charge is -2.01. The number of nitrogens with zero attached hydrogens (tertiary/aromatic N) is 1. The van der Waals surface area contributed by atoms with Crippen LogP contribution >= 0.6 is 70.3 Å². The van der Waals surface area contributed by atoms with E-state index in [2.05, 4.69) is 17.1 Å². The van der Waals surface area contributed by atoms with Crippen molar-refractivity contribution in [3.05, 3.63) is 45.4 Å². The fourth-order valence-corrected chi connectivity index (χ4v) is 5.05. The monoisotopic (exact) mass is 351 g/mol. The Morgan fingerprint density at radius 3 is 2.61 bits per heavy atom. The fourth-order valence-electron chi connectivity index (χ4n) is 1.13. The minimum absolute atomic E-state index is 0.347. The van der Waals surface area contributed by atoms with Gasteiger partial charge in [0, 0.05) is 5.75 Å². The molecule has 0 bridgehead atoms. The van der Waals surface area contributed by atoms with Crippen LogP contribution in [-0.2, 0) is 5.75 Å². The molecule has 94 valence electrons. The number of halogens is 2. The number of rotatable bonds is 3. The van der Waals surface area contributed by atoms with Crippen molar-refractivity contribution in [3.8, 4) is 0 Å². The van der Waals surface area contributed by atoms with Crippen molar-refractivity contribution in [2.24, 2.45) is 0 Å². The third-order valence-corrected chi connectivity index (χ3v) is 6.28. The number of thiazole rings is 1. The average Bonchev–Trinajstić information content (AvgIpc) is 2.67. The van der Waals surface area contributed by atoms with Crippen LogP contribution in [0.3, 0.4) is 0 Å². The minimum atomic E-state index is 0.347. The van der Waals surface area contributed by atoms with Gasteiger partial charge in [-0.3, -0.25) is 0 Å². The van der Waals surface area contributed by atoms with Crippen LogP contribution in [0.25, 0.3) is 0 Å².